The fraction of sp³-hybridized carbons (Fsp3) is 0.217. The minimum Gasteiger partial charge on any atom is -0.497 e. The van der Waals surface area contributed by atoms with Crippen molar-refractivity contribution in [2.75, 3.05) is 13.7 Å². The number of fused-ring (bicyclic) bond motifs is 3. The molecule has 0 saturated heterocycles. The number of ether oxygens (including phenoxy) is 1. The topological polar surface area (TPSA) is 117 Å². The summed E-state index contributed by atoms with van der Waals surface area (Å²) in [6.45, 7) is 2.59. The van der Waals surface area contributed by atoms with Gasteiger partial charge in [0.2, 0.25) is 5.88 Å². The van der Waals surface area contributed by atoms with Crippen molar-refractivity contribution in [1.29, 1.82) is 0 Å². The van der Waals surface area contributed by atoms with Crippen LogP contribution in [0.4, 0.5) is 0 Å². The highest BCUT2D eigenvalue weighted by Gasteiger charge is 2.34. The van der Waals surface area contributed by atoms with E-state index in [-0.39, 0.29) is 11.4 Å². The van der Waals surface area contributed by atoms with Gasteiger partial charge >= 0.3 is 5.69 Å². The second-order valence-corrected chi connectivity index (χ2v) is 7.80. The number of hydrogen-bond donors (Lipinski definition) is 4. The number of hydrogen-bond acceptors (Lipinski definition) is 4. The van der Waals surface area contributed by atoms with E-state index in [0.717, 1.165) is 46.4 Å². The molecule has 5 N–H and O–H groups in total. The lowest BCUT2D eigenvalue weighted by Gasteiger charge is -2.22. The minimum atomic E-state index is -0.669. The molecule has 1 aliphatic rings. The van der Waals surface area contributed by atoms with Crippen LogP contribution >= 0.6 is 0 Å². The second kappa shape index (κ2) is 7.17. The molecule has 3 heterocycles. The van der Waals surface area contributed by atoms with Crippen LogP contribution in [0.5, 0.6) is 11.6 Å². The molecule has 8 heteroatoms. The van der Waals surface area contributed by atoms with E-state index >= 15 is 0 Å². The van der Waals surface area contributed by atoms with Gasteiger partial charge in [-0.25, -0.2) is 9.36 Å². The maximum Gasteiger partial charge on any atom is 0.335 e. The van der Waals surface area contributed by atoms with Gasteiger partial charge in [-0.2, -0.15) is 0 Å². The van der Waals surface area contributed by atoms with E-state index in [4.69, 9.17) is 4.74 Å². The molecule has 2 aromatic carbocycles. The molecule has 2 aromatic heterocycles. The van der Waals surface area contributed by atoms with Crippen LogP contribution < -0.4 is 21.3 Å². The number of aromatic hydroxyl groups is 1. The SMILES string of the molecule is COc1ccc2[nH]c3c(c2c1)CC[NH2+][C@@H]3c1c(O)n(-c2ccccc2C)c(=O)[nH]c1=O. The first-order chi connectivity index (χ1) is 15.0. The lowest BCUT2D eigenvalue weighted by Crippen LogP contribution is -2.87. The van der Waals surface area contributed by atoms with Gasteiger partial charge < -0.3 is 20.1 Å². The summed E-state index contributed by atoms with van der Waals surface area (Å²) in [6, 6.07) is 12.6. The van der Waals surface area contributed by atoms with Gasteiger partial charge in [0.25, 0.3) is 5.56 Å². The van der Waals surface area contributed by atoms with E-state index < -0.39 is 17.3 Å². The van der Waals surface area contributed by atoms with Crippen molar-refractivity contribution < 1.29 is 15.2 Å². The minimum absolute atomic E-state index is 0.155. The normalized spacial score (nSPS) is 15.7. The number of nitrogens with one attached hydrogen (secondary N) is 2. The van der Waals surface area contributed by atoms with Crippen molar-refractivity contribution in [3.8, 4) is 17.3 Å². The summed E-state index contributed by atoms with van der Waals surface area (Å²) in [4.78, 5) is 31.3. The van der Waals surface area contributed by atoms with Crippen molar-refractivity contribution in [3.05, 3.63) is 85.7 Å². The third-order valence-electron chi connectivity index (χ3n) is 6.04. The Balaban J connectivity index is 1.74. The first kappa shape index (κ1) is 19.2. The van der Waals surface area contributed by atoms with Gasteiger partial charge in [-0.3, -0.25) is 9.78 Å². The molecule has 5 rings (SSSR count). The number of methoxy groups -OCH3 is 1. The van der Waals surface area contributed by atoms with Crippen LogP contribution in [0.3, 0.4) is 0 Å². The average Bonchev–Trinajstić information content (AvgIpc) is 3.13. The van der Waals surface area contributed by atoms with Crippen molar-refractivity contribution >= 4 is 10.9 Å². The molecular weight excluding hydrogens is 396 g/mol. The van der Waals surface area contributed by atoms with Crippen LogP contribution in [-0.2, 0) is 6.42 Å². The van der Waals surface area contributed by atoms with E-state index in [1.54, 1.807) is 19.2 Å². The van der Waals surface area contributed by atoms with Gasteiger partial charge in [-0.05, 0) is 42.3 Å². The Morgan fingerprint density at radius 3 is 2.74 bits per heavy atom. The van der Waals surface area contributed by atoms with E-state index in [0.29, 0.717) is 5.69 Å². The fourth-order valence-corrected chi connectivity index (χ4v) is 4.54. The summed E-state index contributed by atoms with van der Waals surface area (Å²) in [7, 11) is 1.63. The third-order valence-corrected chi connectivity index (χ3v) is 6.04. The summed E-state index contributed by atoms with van der Waals surface area (Å²) in [5.74, 6) is 0.419. The number of nitrogens with zero attached hydrogens (tertiary/aromatic N) is 1. The Morgan fingerprint density at radius 2 is 1.97 bits per heavy atom. The fourth-order valence-electron chi connectivity index (χ4n) is 4.54. The first-order valence-corrected chi connectivity index (χ1v) is 10.2. The third kappa shape index (κ3) is 2.95. The number of para-hydroxylation sites is 1. The maximum atomic E-state index is 12.9. The summed E-state index contributed by atoms with van der Waals surface area (Å²) in [5.41, 5.74) is 3.12. The number of aromatic amines is 2. The Kier molecular flexibility index (Phi) is 4.44. The highest BCUT2D eigenvalue weighted by atomic mass is 16.5. The quantitative estimate of drug-likeness (QED) is 0.400. The standard InChI is InChI=1S/C23H22N4O4/c1-12-5-3-4-6-17(12)27-22(29)18(21(28)26-23(27)30)20-19-14(9-10-24-20)15-11-13(31-2)7-8-16(15)25-19/h3-8,11,20,24-25,29H,9-10H2,1-2H3,(H,26,28,30)/p+1/t20-/m1/s1. The molecule has 4 aromatic rings. The monoisotopic (exact) mass is 419 g/mol. The highest BCUT2D eigenvalue weighted by Crippen LogP contribution is 2.34. The van der Waals surface area contributed by atoms with E-state index in [2.05, 4.69) is 9.97 Å². The molecule has 1 aliphatic heterocycles. The average molecular weight is 419 g/mol. The number of rotatable bonds is 3. The highest BCUT2D eigenvalue weighted by molar-refractivity contribution is 5.86. The van der Waals surface area contributed by atoms with Crippen molar-refractivity contribution in [2.24, 2.45) is 0 Å². The maximum absolute atomic E-state index is 12.9. The zero-order valence-electron chi connectivity index (χ0n) is 17.2. The number of benzene rings is 2. The van der Waals surface area contributed by atoms with E-state index in [1.807, 2.05) is 42.6 Å². The number of H-pyrrole nitrogens is 2. The summed E-state index contributed by atoms with van der Waals surface area (Å²) in [6.07, 6.45) is 0.815. The number of aromatic nitrogens is 3. The number of quaternary nitrogens is 1. The smallest absolute Gasteiger partial charge is 0.335 e. The largest absolute Gasteiger partial charge is 0.497 e. The second-order valence-electron chi connectivity index (χ2n) is 7.80. The lowest BCUT2D eigenvalue weighted by atomic mass is 9.95. The molecule has 0 radical (unpaired) electrons. The Morgan fingerprint density at radius 1 is 1.16 bits per heavy atom. The zero-order valence-corrected chi connectivity index (χ0v) is 17.2. The molecular formula is C23H23N4O4+. The summed E-state index contributed by atoms with van der Waals surface area (Å²) >= 11 is 0. The number of nitrogens with two attached hydrogens (primary N) is 1. The summed E-state index contributed by atoms with van der Waals surface area (Å²) in [5, 5.41) is 14.2. The van der Waals surface area contributed by atoms with E-state index in [1.165, 1.54) is 4.57 Å². The Labute approximate surface area is 177 Å². The van der Waals surface area contributed by atoms with Crippen molar-refractivity contribution in [3.63, 3.8) is 0 Å². The van der Waals surface area contributed by atoms with Crippen LogP contribution in [0.1, 0.15) is 28.4 Å². The van der Waals surface area contributed by atoms with Crippen LogP contribution in [0.15, 0.2) is 52.1 Å². The predicted octanol–water partition coefficient (Wildman–Crippen LogP) is 1.24. The number of aryl methyl sites for hydroxylation is 1. The van der Waals surface area contributed by atoms with Crippen LogP contribution in [0.25, 0.3) is 16.6 Å². The Hall–Kier alpha value is -3.78. The van der Waals surface area contributed by atoms with Crippen molar-refractivity contribution in [2.45, 2.75) is 19.4 Å². The molecule has 0 bridgehead atoms. The van der Waals surface area contributed by atoms with Gasteiger partial charge in [0, 0.05) is 17.3 Å². The Bertz CT molecular complexity index is 1430. The van der Waals surface area contributed by atoms with Crippen LogP contribution in [-0.4, -0.2) is 33.3 Å². The predicted molar refractivity (Wildman–Crippen MR) is 116 cm³/mol. The molecule has 0 unspecified atom stereocenters. The van der Waals surface area contributed by atoms with Gasteiger partial charge in [0.15, 0.2) is 6.04 Å². The first-order valence-electron chi connectivity index (χ1n) is 10.2. The van der Waals surface area contributed by atoms with Crippen molar-refractivity contribution in [1.82, 2.24) is 14.5 Å². The molecule has 0 spiro atoms. The molecule has 0 saturated carbocycles. The molecule has 0 amide bonds. The van der Waals surface area contributed by atoms with Gasteiger partial charge in [0.05, 0.1) is 25.0 Å². The van der Waals surface area contributed by atoms with Crippen LogP contribution in [0.2, 0.25) is 0 Å². The van der Waals surface area contributed by atoms with Gasteiger partial charge in [-0.1, -0.05) is 18.2 Å². The lowest BCUT2D eigenvalue weighted by molar-refractivity contribution is -0.690. The molecule has 8 nitrogen and oxygen atoms in total. The molecule has 0 fully saturated rings. The molecule has 31 heavy (non-hydrogen) atoms. The molecule has 1 atom stereocenters. The van der Waals surface area contributed by atoms with E-state index in [9.17, 15) is 14.7 Å². The summed E-state index contributed by atoms with van der Waals surface area (Å²) < 4.78 is 6.53. The van der Waals surface area contributed by atoms with Crippen LogP contribution in [0, 0.1) is 6.92 Å². The molecule has 0 aliphatic carbocycles. The van der Waals surface area contributed by atoms with Gasteiger partial charge in [-0.15, -0.1) is 0 Å². The zero-order chi connectivity index (χ0) is 21.7. The molecule has 158 valence electrons. The van der Waals surface area contributed by atoms with Gasteiger partial charge in [0.1, 0.15) is 11.3 Å².